The zero-order valence-corrected chi connectivity index (χ0v) is 14.4. The van der Waals surface area contributed by atoms with Gasteiger partial charge < -0.3 is 15.0 Å². The molecule has 0 saturated heterocycles. The number of hydrogen-bond donors (Lipinski definition) is 2. The minimum absolute atomic E-state index is 0.120. The lowest BCUT2D eigenvalue weighted by molar-refractivity contribution is 0.102. The molecule has 24 heavy (non-hydrogen) atoms. The fourth-order valence-electron chi connectivity index (χ4n) is 2.94. The Morgan fingerprint density at radius 2 is 2.00 bits per heavy atom. The fraction of sp³-hybridized carbons (Fsp3) is 0.250. The van der Waals surface area contributed by atoms with Crippen LogP contribution in [-0.2, 0) is 0 Å². The monoisotopic (exact) mass is 322 g/mol. The van der Waals surface area contributed by atoms with E-state index in [1.165, 1.54) is 0 Å². The SMILES string of the molecule is COc1ccc2[nH]cc(C(=O)Nc3c(C)cccc3C(C)C)c2c1. The van der Waals surface area contributed by atoms with Gasteiger partial charge in [0.1, 0.15) is 5.75 Å². The molecule has 0 unspecified atom stereocenters. The molecule has 0 aliphatic heterocycles. The Hall–Kier alpha value is -2.75. The van der Waals surface area contributed by atoms with E-state index < -0.39 is 0 Å². The number of hydrogen-bond acceptors (Lipinski definition) is 2. The van der Waals surface area contributed by atoms with E-state index in [1.807, 2.05) is 37.3 Å². The van der Waals surface area contributed by atoms with Crippen LogP contribution in [0.4, 0.5) is 5.69 Å². The molecule has 1 heterocycles. The maximum absolute atomic E-state index is 12.8. The van der Waals surface area contributed by atoms with Crippen LogP contribution in [-0.4, -0.2) is 18.0 Å². The molecule has 0 bridgehead atoms. The minimum atomic E-state index is -0.120. The van der Waals surface area contributed by atoms with Gasteiger partial charge in [-0.1, -0.05) is 32.0 Å². The zero-order valence-electron chi connectivity index (χ0n) is 14.4. The second kappa shape index (κ2) is 6.40. The van der Waals surface area contributed by atoms with Gasteiger partial charge in [-0.05, 0) is 42.2 Å². The summed E-state index contributed by atoms with van der Waals surface area (Å²) in [6.07, 6.45) is 1.74. The minimum Gasteiger partial charge on any atom is -0.497 e. The van der Waals surface area contributed by atoms with Crippen LogP contribution in [0.15, 0.2) is 42.6 Å². The van der Waals surface area contributed by atoms with Crippen molar-refractivity contribution in [2.75, 3.05) is 12.4 Å². The molecule has 3 aromatic rings. The number of ether oxygens (including phenoxy) is 1. The van der Waals surface area contributed by atoms with Crippen molar-refractivity contribution < 1.29 is 9.53 Å². The van der Waals surface area contributed by atoms with Gasteiger partial charge in [-0.25, -0.2) is 0 Å². The van der Waals surface area contributed by atoms with E-state index in [1.54, 1.807) is 13.3 Å². The van der Waals surface area contributed by atoms with Crippen LogP contribution in [0.2, 0.25) is 0 Å². The lowest BCUT2D eigenvalue weighted by Crippen LogP contribution is -2.14. The van der Waals surface area contributed by atoms with Gasteiger partial charge in [-0.3, -0.25) is 4.79 Å². The number of para-hydroxylation sites is 1. The predicted molar refractivity (Wildman–Crippen MR) is 98.1 cm³/mol. The van der Waals surface area contributed by atoms with E-state index in [4.69, 9.17) is 4.74 Å². The highest BCUT2D eigenvalue weighted by molar-refractivity contribution is 6.13. The smallest absolute Gasteiger partial charge is 0.257 e. The largest absolute Gasteiger partial charge is 0.497 e. The molecular formula is C20H22N2O2. The maximum Gasteiger partial charge on any atom is 0.257 e. The Balaban J connectivity index is 2.00. The summed E-state index contributed by atoms with van der Waals surface area (Å²) in [4.78, 5) is 16.0. The van der Waals surface area contributed by atoms with Crippen molar-refractivity contribution in [3.8, 4) is 5.75 Å². The number of benzene rings is 2. The van der Waals surface area contributed by atoms with Gasteiger partial charge in [0.25, 0.3) is 5.91 Å². The Morgan fingerprint density at radius 3 is 2.71 bits per heavy atom. The molecule has 0 aliphatic carbocycles. The molecule has 2 aromatic carbocycles. The van der Waals surface area contributed by atoms with Crippen LogP contribution >= 0.6 is 0 Å². The highest BCUT2D eigenvalue weighted by Gasteiger charge is 2.16. The summed E-state index contributed by atoms with van der Waals surface area (Å²) in [6.45, 7) is 6.27. The van der Waals surface area contributed by atoms with Crippen molar-refractivity contribution in [3.63, 3.8) is 0 Å². The standard InChI is InChI=1S/C20H22N2O2/c1-12(2)15-7-5-6-13(3)19(15)22-20(23)17-11-21-18-9-8-14(24-4)10-16(17)18/h5-12,21H,1-4H3,(H,22,23). The third kappa shape index (κ3) is 2.87. The maximum atomic E-state index is 12.8. The fourth-order valence-corrected chi connectivity index (χ4v) is 2.94. The Bertz CT molecular complexity index is 894. The number of aromatic nitrogens is 1. The highest BCUT2D eigenvalue weighted by Crippen LogP contribution is 2.29. The van der Waals surface area contributed by atoms with Gasteiger partial charge >= 0.3 is 0 Å². The predicted octanol–water partition coefficient (Wildman–Crippen LogP) is 4.86. The molecule has 0 fully saturated rings. The summed E-state index contributed by atoms with van der Waals surface area (Å²) in [6, 6.07) is 11.8. The van der Waals surface area contributed by atoms with Crippen molar-refractivity contribution >= 4 is 22.5 Å². The van der Waals surface area contributed by atoms with Crippen LogP contribution in [0, 0.1) is 6.92 Å². The molecule has 1 aromatic heterocycles. The second-order valence-electron chi connectivity index (χ2n) is 6.26. The number of rotatable bonds is 4. The first kappa shape index (κ1) is 16.1. The normalized spacial score (nSPS) is 11.0. The van der Waals surface area contributed by atoms with Crippen LogP contribution in [0.25, 0.3) is 10.9 Å². The Labute approximate surface area is 141 Å². The average Bonchev–Trinajstić information content (AvgIpc) is 2.99. The third-order valence-corrected chi connectivity index (χ3v) is 4.30. The number of fused-ring (bicyclic) bond motifs is 1. The van der Waals surface area contributed by atoms with Gasteiger partial charge in [0.05, 0.1) is 12.7 Å². The number of methoxy groups -OCH3 is 1. The number of anilines is 1. The van der Waals surface area contributed by atoms with Crippen molar-refractivity contribution in [1.29, 1.82) is 0 Å². The van der Waals surface area contributed by atoms with Gasteiger partial charge in [0, 0.05) is 22.8 Å². The van der Waals surface area contributed by atoms with E-state index in [0.717, 1.165) is 33.5 Å². The quantitative estimate of drug-likeness (QED) is 0.720. The Morgan fingerprint density at radius 1 is 1.21 bits per heavy atom. The molecule has 4 nitrogen and oxygen atoms in total. The first-order valence-corrected chi connectivity index (χ1v) is 8.07. The van der Waals surface area contributed by atoms with Gasteiger partial charge in [-0.2, -0.15) is 0 Å². The molecular weight excluding hydrogens is 300 g/mol. The lowest BCUT2D eigenvalue weighted by Gasteiger charge is -2.16. The number of aromatic amines is 1. The van der Waals surface area contributed by atoms with Crippen molar-refractivity contribution in [2.24, 2.45) is 0 Å². The topological polar surface area (TPSA) is 54.1 Å². The van der Waals surface area contributed by atoms with E-state index in [2.05, 4.69) is 30.2 Å². The van der Waals surface area contributed by atoms with Crippen molar-refractivity contribution in [3.05, 3.63) is 59.3 Å². The molecule has 0 radical (unpaired) electrons. The van der Waals surface area contributed by atoms with Gasteiger partial charge in [0.2, 0.25) is 0 Å². The molecule has 4 heteroatoms. The summed E-state index contributed by atoms with van der Waals surface area (Å²) >= 11 is 0. The second-order valence-corrected chi connectivity index (χ2v) is 6.26. The highest BCUT2D eigenvalue weighted by atomic mass is 16.5. The summed E-state index contributed by atoms with van der Waals surface area (Å²) < 4.78 is 5.27. The van der Waals surface area contributed by atoms with E-state index >= 15 is 0 Å². The first-order chi connectivity index (χ1) is 11.5. The number of carbonyl (C=O) groups is 1. The first-order valence-electron chi connectivity index (χ1n) is 8.07. The van der Waals surface area contributed by atoms with Gasteiger partial charge in [0.15, 0.2) is 0 Å². The molecule has 0 atom stereocenters. The molecule has 0 saturated carbocycles. The van der Waals surface area contributed by atoms with E-state index in [0.29, 0.717) is 11.5 Å². The number of carbonyl (C=O) groups excluding carboxylic acids is 1. The van der Waals surface area contributed by atoms with Crippen molar-refractivity contribution in [1.82, 2.24) is 4.98 Å². The number of aryl methyl sites for hydroxylation is 1. The van der Waals surface area contributed by atoms with Crippen molar-refractivity contribution in [2.45, 2.75) is 26.7 Å². The number of amides is 1. The summed E-state index contributed by atoms with van der Waals surface area (Å²) in [5.74, 6) is 0.948. The van der Waals surface area contributed by atoms with E-state index in [-0.39, 0.29) is 5.91 Å². The average molecular weight is 322 g/mol. The number of nitrogens with one attached hydrogen (secondary N) is 2. The van der Waals surface area contributed by atoms with Crippen LogP contribution in [0.5, 0.6) is 5.75 Å². The Kier molecular flexibility index (Phi) is 4.30. The molecule has 1 amide bonds. The summed E-state index contributed by atoms with van der Waals surface area (Å²) in [5.41, 5.74) is 4.62. The lowest BCUT2D eigenvalue weighted by atomic mass is 9.98. The molecule has 3 rings (SSSR count). The molecule has 124 valence electrons. The molecule has 0 aliphatic rings. The summed E-state index contributed by atoms with van der Waals surface area (Å²) in [5, 5.41) is 3.95. The zero-order chi connectivity index (χ0) is 17.3. The van der Waals surface area contributed by atoms with Crippen LogP contribution in [0.3, 0.4) is 0 Å². The molecule has 0 spiro atoms. The van der Waals surface area contributed by atoms with E-state index in [9.17, 15) is 4.79 Å². The van der Waals surface area contributed by atoms with Crippen LogP contribution < -0.4 is 10.1 Å². The third-order valence-electron chi connectivity index (χ3n) is 4.30. The summed E-state index contributed by atoms with van der Waals surface area (Å²) in [7, 11) is 1.62. The molecule has 2 N–H and O–H groups in total. The van der Waals surface area contributed by atoms with Gasteiger partial charge in [-0.15, -0.1) is 0 Å². The van der Waals surface area contributed by atoms with Crippen LogP contribution in [0.1, 0.15) is 41.3 Å². The number of H-pyrrole nitrogens is 1.